The van der Waals surface area contributed by atoms with E-state index in [0.717, 1.165) is 19.3 Å². The van der Waals surface area contributed by atoms with Crippen molar-refractivity contribution in [2.75, 3.05) is 11.1 Å². The van der Waals surface area contributed by atoms with Crippen LogP contribution in [0.25, 0.3) is 0 Å². The highest BCUT2D eigenvalue weighted by atomic mass is 33.1. The Morgan fingerprint density at radius 3 is 2.92 bits per heavy atom. The third-order valence-electron chi connectivity index (χ3n) is 3.87. The molecule has 7 heteroatoms. The van der Waals surface area contributed by atoms with Gasteiger partial charge in [-0.15, -0.1) is 0 Å². The summed E-state index contributed by atoms with van der Waals surface area (Å²) in [6, 6.07) is 8.73. The van der Waals surface area contributed by atoms with Crippen LogP contribution in [-0.4, -0.2) is 29.0 Å². The Morgan fingerprint density at radius 2 is 2.20 bits per heavy atom. The Labute approximate surface area is 156 Å². The number of nitrogens with one attached hydrogen (secondary N) is 1. The second kappa shape index (κ2) is 10.4. The Morgan fingerprint density at radius 1 is 1.40 bits per heavy atom. The number of nitrogens with zero attached hydrogens (tertiary/aromatic N) is 1. The highest BCUT2D eigenvalue weighted by Crippen LogP contribution is 2.39. The van der Waals surface area contributed by atoms with Gasteiger partial charge in [0.2, 0.25) is 0 Å². The number of hydrogen-bond acceptors (Lipinski definition) is 6. The van der Waals surface area contributed by atoms with Crippen molar-refractivity contribution in [1.29, 1.82) is 5.26 Å². The van der Waals surface area contributed by atoms with Crippen LogP contribution in [0.1, 0.15) is 44.6 Å². The predicted molar refractivity (Wildman–Crippen MR) is 102 cm³/mol. The van der Waals surface area contributed by atoms with Crippen LogP contribution < -0.4 is 5.32 Å². The number of unbranched alkanes of at least 4 members (excludes halogenated alkanes) is 1. The summed E-state index contributed by atoms with van der Waals surface area (Å²) < 4.78 is 5.19. The zero-order chi connectivity index (χ0) is 18.1. The van der Waals surface area contributed by atoms with E-state index in [2.05, 4.69) is 5.32 Å². The monoisotopic (exact) mass is 378 g/mol. The van der Waals surface area contributed by atoms with Gasteiger partial charge in [-0.05, 0) is 38.3 Å². The molecule has 2 atom stereocenters. The first-order valence-electron chi connectivity index (χ1n) is 8.38. The molecule has 0 aliphatic carbocycles. The first-order valence-corrected chi connectivity index (χ1v) is 10.8. The molecule has 1 amide bonds. The van der Waals surface area contributed by atoms with Gasteiger partial charge >= 0.3 is 5.97 Å². The van der Waals surface area contributed by atoms with Crippen LogP contribution in [0, 0.1) is 11.3 Å². The minimum Gasteiger partial charge on any atom is -0.453 e. The molecule has 0 bridgehead atoms. The largest absolute Gasteiger partial charge is 0.453 e. The van der Waals surface area contributed by atoms with Gasteiger partial charge in [0.25, 0.3) is 5.91 Å². The van der Waals surface area contributed by atoms with Gasteiger partial charge in [-0.3, -0.25) is 9.59 Å². The lowest BCUT2D eigenvalue weighted by molar-refractivity contribution is -0.153. The molecule has 1 heterocycles. The first-order chi connectivity index (χ1) is 12.1. The molecule has 134 valence electrons. The minimum atomic E-state index is -0.888. The van der Waals surface area contributed by atoms with Crippen LogP contribution >= 0.6 is 21.6 Å². The zero-order valence-corrected chi connectivity index (χ0v) is 15.8. The van der Waals surface area contributed by atoms with Crippen LogP contribution in [0.15, 0.2) is 24.3 Å². The number of carbonyl (C=O) groups is 2. The number of nitriles is 1. The van der Waals surface area contributed by atoms with Crippen LogP contribution in [-0.2, 0) is 14.3 Å². The van der Waals surface area contributed by atoms with Gasteiger partial charge in [0.1, 0.15) is 6.07 Å². The van der Waals surface area contributed by atoms with Gasteiger partial charge in [-0.2, -0.15) is 5.26 Å². The summed E-state index contributed by atoms with van der Waals surface area (Å²) in [5, 5.41) is 12.4. The van der Waals surface area contributed by atoms with Crippen molar-refractivity contribution in [3.05, 3.63) is 29.8 Å². The second-order valence-corrected chi connectivity index (χ2v) is 8.64. The van der Waals surface area contributed by atoms with Crippen molar-refractivity contribution < 1.29 is 14.3 Å². The predicted octanol–water partition coefficient (Wildman–Crippen LogP) is 4.14. The van der Waals surface area contributed by atoms with Crippen molar-refractivity contribution >= 4 is 39.2 Å². The van der Waals surface area contributed by atoms with Gasteiger partial charge < -0.3 is 10.1 Å². The molecule has 0 radical (unpaired) electrons. The van der Waals surface area contributed by atoms with Crippen LogP contribution in [0.4, 0.5) is 5.69 Å². The number of rotatable bonds is 8. The summed E-state index contributed by atoms with van der Waals surface area (Å²) in [7, 11) is 3.87. The van der Waals surface area contributed by atoms with E-state index in [9.17, 15) is 9.59 Å². The molecule has 5 nitrogen and oxygen atoms in total. The fraction of sp³-hybridized carbons (Fsp3) is 0.500. The lowest BCUT2D eigenvalue weighted by Crippen LogP contribution is -2.30. The van der Waals surface area contributed by atoms with Gasteiger partial charge in [-0.25, -0.2) is 0 Å². The van der Waals surface area contributed by atoms with Gasteiger partial charge in [0.15, 0.2) is 6.10 Å². The lowest BCUT2D eigenvalue weighted by Gasteiger charge is -2.14. The topological polar surface area (TPSA) is 79.2 Å². The van der Waals surface area contributed by atoms with Gasteiger partial charge in [0.05, 0.1) is 11.3 Å². The Balaban J connectivity index is 1.69. The second-order valence-electron chi connectivity index (χ2n) is 5.85. The van der Waals surface area contributed by atoms with Crippen LogP contribution in [0.3, 0.4) is 0 Å². The molecule has 0 aromatic heterocycles. The van der Waals surface area contributed by atoms with Crippen molar-refractivity contribution in [3.63, 3.8) is 0 Å². The van der Waals surface area contributed by atoms with E-state index in [1.165, 1.54) is 19.1 Å². The van der Waals surface area contributed by atoms with E-state index < -0.39 is 12.0 Å². The van der Waals surface area contributed by atoms with Crippen molar-refractivity contribution in [3.8, 4) is 6.07 Å². The van der Waals surface area contributed by atoms with Crippen molar-refractivity contribution in [1.82, 2.24) is 0 Å². The van der Waals surface area contributed by atoms with E-state index in [0.29, 0.717) is 22.9 Å². The maximum Gasteiger partial charge on any atom is 0.306 e. The van der Waals surface area contributed by atoms with Crippen LogP contribution in [0.5, 0.6) is 0 Å². The smallest absolute Gasteiger partial charge is 0.306 e. The average Bonchev–Trinajstić information content (AvgIpc) is 3.12. The third-order valence-corrected chi connectivity index (χ3v) is 6.87. The fourth-order valence-corrected chi connectivity index (χ4v) is 5.47. The fourth-order valence-electron chi connectivity index (χ4n) is 2.44. The molecule has 1 N–H and O–H groups in total. The molecule has 1 aromatic rings. The maximum atomic E-state index is 12.1. The summed E-state index contributed by atoms with van der Waals surface area (Å²) in [6.07, 6.45) is 3.61. The van der Waals surface area contributed by atoms with Crippen LogP contribution in [0.2, 0.25) is 0 Å². The number of amides is 1. The molecule has 25 heavy (non-hydrogen) atoms. The highest BCUT2D eigenvalue weighted by Gasteiger charge is 2.19. The van der Waals surface area contributed by atoms with E-state index in [-0.39, 0.29) is 5.97 Å². The average molecular weight is 379 g/mol. The Hall–Kier alpha value is -1.65. The molecule has 1 aliphatic rings. The molecule has 1 aliphatic heterocycles. The summed E-state index contributed by atoms with van der Waals surface area (Å²) in [5.41, 5.74) is 0.794. The van der Waals surface area contributed by atoms with E-state index in [1.54, 1.807) is 24.3 Å². The van der Waals surface area contributed by atoms with Crippen molar-refractivity contribution in [2.45, 2.75) is 50.4 Å². The summed E-state index contributed by atoms with van der Waals surface area (Å²) in [5.74, 6) is 0.430. The number of hydrogen-bond donors (Lipinski definition) is 1. The first kappa shape index (κ1) is 19.7. The number of esters is 1. The van der Waals surface area contributed by atoms with E-state index >= 15 is 0 Å². The molecule has 2 rings (SSSR count). The highest BCUT2D eigenvalue weighted by molar-refractivity contribution is 8.77. The SMILES string of the molecule is C[C@H](OC(=O)CCCC[C@H]1CCSS1)C(=O)Nc1ccccc1C#N. The number of carbonyl (C=O) groups excluding carboxylic acids is 2. The number of anilines is 1. The number of benzene rings is 1. The lowest BCUT2D eigenvalue weighted by atomic mass is 10.1. The molecule has 1 aromatic carbocycles. The zero-order valence-electron chi connectivity index (χ0n) is 14.2. The summed E-state index contributed by atoms with van der Waals surface area (Å²) in [4.78, 5) is 24.0. The normalized spacial score (nSPS) is 17.5. The number of ether oxygens (including phenoxy) is 1. The molecule has 0 saturated carbocycles. The van der Waals surface area contributed by atoms with Gasteiger partial charge in [0, 0.05) is 17.4 Å². The number of para-hydroxylation sites is 1. The van der Waals surface area contributed by atoms with Crippen molar-refractivity contribution in [2.24, 2.45) is 0 Å². The summed E-state index contributed by atoms with van der Waals surface area (Å²) >= 11 is 0. The molecule has 1 saturated heterocycles. The molecular weight excluding hydrogens is 356 g/mol. The summed E-state index contributed by atoms with van der Waals surface area (Å²) in [6.45, 7) is 1.54. The molecule has 0 spiro atoms. The Bertz CT molecular complexity index is 639. The minimum absolute atomic E-state index is 0.330. The quantitative estimate of drug-likeness (QED) is 0.416. The molecular formula is C18H22N2O3S2. The standard InChI is InChI=1S/C18H22N2O3S2/c1-13(18(22)20-16-8-4-2-6-14(16)12-19)23-17(21)9-5-3-7-15-10-11-24-25-15/h2,4,6,8,13,15H,3,5,7,9-11H2,1H3,(H,20,22)/t13-,15-/m0/s1. The molecule has 0 unspecified atom stereocenters. The van der Waals surface area contributed by atoms with E-state index in [1.807, 2.05) is 27.7 Å². The Kier molecular flexibility index (Phi) is 8.16. The molecule has 1 fully saturated rings. The maximum absolute atomic E-state index is 12.1. The third kappa shape index (κ3) is 6.63. The van der Waals surface area contributed by atoms with E-state index in [4.69, 9.17) is 10.00 Å². The van der Waals surface area contributed by atoms with Gasteiger partial charge in [-0.1, -0.05) is 40.1 Å².